The Labute approximate surface area is 201 Å². The largest absolute Gasteiger partial charge is 0.384 e. The molecule has 0 fully saturated rings. The zero-order valence-electron chi connectivity index (χ0n) is 18.5. The Hall–Kier alpha value is -4.10. The SMILES string of the molecule is C[C@H](NC(=O)c1cc2ccc(C(=N)N)cc2n1Cc1ccc(C(N)=O)cc1)c1ccc(Cl)cc1. The van der Waals surface area contributed by atoms with Crippen LogP contribution in [0.15, 0.2) is 72.8 Å². The summed E-state index contributed by atoms with van der Waals surface area (Å²) in [6, 6.07) is 21.2. The third-order valence-electron chi connectivity index (χ3n) is 5.74. The van der Waals surface area contributed by atoms with Gasteiger partial charge in [0.25, 0.3) is 5.91 Å². The number of carbonyl (C=O) groups excluding carboxylic acids is 2. The van der Waals surface area contributed by atoms with Crippen molar-refractivity contribution in [2.75, 3.05) is 0 Å². The molecule has 4 aromatic rings. The molecule has 4 rings (SSSR count). The average molecular weight is 474 g/mol. The minimum Gasteiger partial charge on any atom is -0.384 e. The van der Waals surface area contributed by atoms with Gasteiger partial charge in [-0.2, -0.15) is 0 Å². The van der Waals surface area contributed by atoms with E-state index in [9.17, 15) is 9.59 Å². The summed E-state index contributed by atoms with van der Waals surface area (Å²) in [7, 11) is 0. The number of primary amides is 1. The number of nitrogens with zero attached hydrogens (tertiary/aromatic N) is 1. The number of hydrogen-bond acceptors (Lipinski definition) is 3. The Morgan fingerprint density at radius 3 is 2.24 bits per heavy atom. The monoisotopic (exact) mass is 473 g/mol. The first-order chi connectivity index (χ1) is 16.2. The number of nitrogens with two attached hydrogens (primary N) is 2. The summed E-state index contributed by atoms with van der Waals surface area (Å²) in [6.45, 7) is 2.28. The number of amides is 2. The molecule has 1 heterocycles. The van der Waals surface area contributed by atoms with Crippen LogP contribution in [-0.2, 0) is 6.54 Å². The standard InChI is InChI=1S/C26H24ClN5O2/c1-15(17-8-10-21(27)11-9-17)31-26(34)23-12-19-6-7-20(24(28)29)13-22(19)32(23)14-16-2-4-18(5-3-16)25(30)33/h2-13,15H,14H2,1H3,(H3,28,29)(H2,30,33)(H,31,34)/t15-/m0/s1. The van der Waals surface area contributed by atoms with Crippen LogP contribution in [0.4, 0.5) is 0 Å². The first-order valence-electron chi connectivity index (χ1n) is 10.7. The van der Waals surface area contributed by atoms with Gasteiger partial charge >= 0.3 is 0 Å². The first kappa shape index (κ1) is 23.1. The zero-order valence-corrected chi connectivity index (χ0v) is 19.3. The van der Waals surface area contributed by atoms with E-state index in [0.29, 0.717) is 28.4 Å². The smallest absolute Gasteiger partial charge is 0.268 e. The number of benzene rings is 3. The van der Waals surface area contributed by atoms with Crippen molar-refractivity contribution in [3.63, 3.8) is 0 Å². The zero-order chi connectivity index (χ0) is 24.4. The number of rotatable bonds is 7. The third-order valence-corrected chi connectivity index (χ3v) is 6.00. The van der Waals surface area contributed by atoms with E-state index in [1.807, 2.05) is 35.8 Å². The molecule has 34 heavy (non-hydrogen) atoms. The molecule has 0 unspecified atom stereocenters. The molecule has 1 atom stereocenters. The van der Waals surface area contributed by atoms with E-state index in [1.54, 1.807) is 48.5 Å². The van der Waals surface area contributed by atoms with E-state index in [2.05, 4.69) is 5.32 Å². The predicted molar refractivity (Wildman–Crippen MR) is 134 cm³/mol. The molecule has 8 heteroatoms. The summed E-state index contributed by atoms with van der Waals surface area (Å²) in [6.07, 6.45) is 0. The fraction of sp³-hybridized carbons (Fsp3) is 0.115. The van der Waals surface area contributed by atoms with Crippen LogP contribution in [0.3, 0.4) is 0 Å². The van der Waals surface area contributed by atoms with Crippen LogP contribution in [0.25, 0.3) is 10.9 Å². The lowest BCUT2D eigenvalue weighted by Gasteiger charge is -2.16. The maximum absolute atomic E-state index is 13.4. The second kappa shape index (κ2) is 9.41. The first-order valence-corrected chi connectivity index (χ1v) is 11.0. The van der Waals surface area contributed by atoms with Gasteiger partial charge in [0, 0.05) is 33.6 Å². The molecule has 6 N–H and O–H groups in total. The molecule has 2 amide bonds. The molecule has 3 aromatic carbocycles. The molecule has 0 saturated carbocycles. The highest BCUT2D eigenvalue weighted by Gasteiger charge is 2.19. The van der Waals surface area contributed by atoms with E-state index >= 15 is 0 Å². The highest BCUT2D eigenvalue weighted by atomic mass is 35.5. The molecular weight excluding hydrogens is 450 g/mol. The van der Waals surface area contributed by atoms with Crippen molar-refractivity contribution in [2.24, 2.45) is 11.5 Å². The number of nitrogens with one attached hydrogen (secondary N) is 2. The van der Waals surface area contributed by atoms with Crippen molar-refractivity contribution in [3.05, 3.63) is 106 Å². The normalized spacial score (nSPS) is 11.8. The van der Waals surface area contributed by atoms with E-state index in [1.165, 1.54) is 0 Å². The molecule has 0 aliphatic rings. The van der Waals surface area contributed by atoms with E-state index in [-0.39, 0.29) is 17.8 Å². The molecule has 0 spiro atoms. The summed E-state index contributed by atoms with van der Waals surface area (Å²) >= 11 is 5.98. The van der Waals surface area contributed by atoms with Gasteiger partial charge in [-0.3, -0.25) is 15.0 Å². The molecule has 0 bridgehead atoms. The van der Waals surface area contributed by atoms with Gasteiger partial charge in [-0.1, -0.05) is 48.0 Å². The molecule has 172 valence electrons. The van der Waals surface area contributed by atoms with Crippen LogP contribution in [-0.4, -0.2) is 22.2 Å². The Morgan fingerprint density at radius 2 is 1.62 bits per heavy atom. The summed E-state index contributed by atoms with van der Waals surface area (Å²) < 4.78 is 1.88. The number of halogens is 1. The number of fused-ring (bicyclic) bond motifs is 1. The van der Waals surface area contributed by atoms with Gasteiger partial charge in [-0.15, -0.1) is 0 Å². The minimum atomic E-state index is -0.500. The molecule has 0 aliphatic carbocycles. The Morgan fingerprint density at radius 1 is 0.971 bits per heavy atom. The van der Waals surface area contributed by atoms with Crippen LogP contribution < -0.4 is 16.8 Å². The van der Waals surface area contributed by atoms with Gasteiger partial charge in [0.05, 0.1) is 6.04 Å². The summed E-state index contributed by atoms with van der Waals surface area (Å²) in [5.74, 6) is -0.792. The maximum Gasteiger partial charge on any atom is 0.268 e. The third kappa shape index (κ3) is 4.79. The Balaban J connectivity index is 1.72. The average Bonchev–Trinajstić information content (AvgIpc) is 3.17. The summed E-state index contributed by atoms with van der Waals surface area (Å²) in [5, 5.41) is 12.3. The van der Waals surface area contributed by atoms with Gasteiger partial charge in [0.1, 0.15) is 11.5 Å². The van der Waals surface area contributed by atoms with Gasteiger partial charge in [-0.25, -0.2) is 0 Å². The number of carbonyl (C=O) groups is 2. The van der Waals surface area contributed by atoms with Crippen LogP contribution in [0, 0.1) is 5.41 Å². The molecule has 0 aliphatic heterocycles. The lowest BCUT2D eigenvalue weighted by atomic mass is 10.1. The van der Waals surface area contributed by atoms with E-state index < -0.39 is 5.91 Å². The number of hydrogen-bond donors (Lipinski definition) is 4. The Kier molecular flexibility index (Phi) is 6.38. The maximum atomic E-state index is 13.4. The van der Waals surface area contributed by atoms with Crippen molar-refractivity contribution < 1.29 is 9.59 Å². The van der Waals surface area contributed by atoms with E-state index in [0.717, 1.165) is 22.0 Å². The molecule has 1 aromatic heterocycles. The summed E-state index contributed by atoms with van der Waals surface area (Å²) in [4.78, 5) is 24.8. The lowest BCUT2D eigenvalue weighted by molar-refractivity contribution is 0.0930. The molecule has 0 radical (unpaired) electrons. The topological polar surface area (TPSA) is 127 Å². The Bertz CT molecular complexity index is 1390. The predicted octanol–water partition coefficient (Wildman–Crippen LogP) is 4.22. The lowest BCUT2D eigenvalue weighted by Crippen LogP contribution is -2.28. The van der Waals surface area contributed by atoms with Gasteiger partial charge in [0.15, 0.2) is 0 Å². The van der Waals surface area contributed by atoms with Crippen molar-refractivity contribution in [3.8, 4) is 0 Å². The highest BCUT2D eigenvalue weighted by molar-refractivity contribution is 6.30. The summed E-state index contributed by atoms with van der Waals surface area (Å²) in [5.41, 5.74) is 15.1. The molecule has 7 nitrogen and oxygen atoms in total. The van der Waals surface area contributed by atoms with Crippen molar-refractivity contribution >= 4 is 40.2 Å². The van der Waals surface area contributed by atoms with E-state index in [4.69, 9.17) is 28.5 Å². The van der Waals surface area contributed by atoms with Crippen LogP contribution in [0.1, 0.15) is 50.5 Å². The van der Waals surface area contributed by atoms with Crippen LogP contribution >= 0.6 is 11.6 Å². The fourth-order valence-electron chi connectivity index (χ4n) is 3.84. The number of nitrogen functional groups attached to an aromatic ring is 1. The second-order valence-corrected chi connectivity index (χ2v) is 8.55. The van der Waals surface area contributed by atoms with Crippen molar-refractivity contribution in [1.82, 2.24) is 9.88 Å². The minimum absolute atomic E-state index is 0.0529. The van der Waals surface area contributed by atoms with Crippen molar-refractivity contribution in [1.29, 1.82) is 5.41 Å². The van der Waals surface area contributed by atoms with Crippen LogP contribution in [0.2, 0.25) is 5.02 Å². The number of aromatic nitrogens is 1. The van der Waals surface area contributed by atoms with Gasteiger partial charge < -0.3 is 21.4 Å². The fourth-order valence-corrected chi connectivity index (χ4v) is 3.97. The van der Waals surface area contributed by atoms with Crippen LogP contribution in [0.5, 0.6) is 0 Å². The quantitative estimate of drug-likeness (QED) is 0.237. The van der Waals surface area contributed by atoms with Crippen molar-refractivity contribution in [2.45, 2.75) is 19.5 Å². The second-order valence-electron chi connectivity index (χ2n) is 8.11. The molecule has 0 saturated heterocycles. The molecular formula is C26H24ClN5O2. The number of amidine groups is 1. The highest BCUT2D eigenvalue weighted by Crippen LogP contribution is 2.24. The van der Waals surface area contributed by atoms with Gasteiger partial charge in [0.2, 0.25) is 5.91 Å². The van der Waals surface area contributed by atoms with Gasteiger partial charge in [-0.05, 0) is 54.4 Å².